The van der Waals surface area contributed by atoms with Crippen molar-refractivity contribution in [3.05, 3.63) is 51.7 Å². The summed E-state index contributed by atoms with van der Waals surface area (Å²) in [6.45, 7) is 5.25. The number of hydrogen-bond donors (Lipinski definition) is 0. The van der Waals surface area contributed by atoms with Crippen LogP contribution in [-0.2, 0) is 10.9 Å². The topological polar surface area (TPSA) is 56.6 Å². The van der Waals surface area contributed by atoms with Gasteiger partial charge in [0.05, 0.1) is 28.7 Å². The Morgan fingerprint density at radius 1 is 1.34 bits per heavy atom. The first kappa shape index (κ1) is 22.6. The summed E-state index contributed by atoms with van der Waals surface area (Å²) in [5.41, 5.74) is -1.05. The van der Waals surface area contributed by atoms with Crippen LogP contribution >= 0.6 is 11.3 Å². The van der Waals surface area contributed by atoms with Crippen LogP contribution in [0.15, 0.2) is 35.7 Å². The second-order valence-electron chi connectivity index (χ2n) is 8.39. The van der Waals surface area contributed by atoms with E-state index in [9.17, 15) is 18.0 Å². The SMILES string of the molecule is CCOCC12CCN(c3ccc(C#N)c(C(F)(F)F)c3)CC1CN(C(=O)c1cccs1)C2. The molecule has 0 N–H and O–H groups in total. The van der Waals surface area contributed by atoms with Crippen LogP contribution in [0.25, 0.3) is 0 Å². The summed E-state index contributed by atoms with van der Waals surface area (Å²) in [5, 5.41) is 10.9. The Hall–Kier alpha value is -2.57. The number of carbonyl (C=O) groups is 1. The highest BCUT2D eigenvalue weighted by Crippen LogP contribution is 2.45. The second kappa shape index (κ2) is 8.75. The van der Waals surface area contributed by atoms with Gasteiger partial charge in [0.15, 0.2) is 0 Å². The molecule has 0 aliphatic carbocycles. The summed E-state index contributed by atoms with van der Waals surface area (Å²) in [6.07, 6.45) is -3.87. The van der Waals surface area contributed by atoms with E-state index in [-0.39, 0.29) is 22.8 Å². The van der Waals surface area contributed by atoms with Crippen LogP contribution in [0.4, 0.5) is 18.9 Å². The van der Waals surface area contributed by atoms with Crippen molar-refractivity contribution in [1.29, 1.82) is 5.26 Å². The molecule has 0 radical (unpaired) electrons. The quantitative estimate of drug-likeness (QED) is 0.648. The van der Waals surface area contributed by atoms with Crippen LogP contribution < -0.4 is 4.90 Å². The van der Waals surface area contributed by atoms with Crippen molar-refractivity contribution in [2.24, 2.45) is 11.3 Å². The van der Waals surface area contributed by atoms with E-state index in [4.69, 9.17) is 10.00 Å². The molecule has 32 heavy (non-hydrogen) atoms. The monoisotopic (exact) mass is 463 g/mol. The minimum absolute atomic E-state index is 0.00504. The molecule has 2 fully saturated rings. The van der Waals surface area contributed by atoms with Crippen LogP contribution in [0.2, 0.25) is 0 Å². The predicted octanol–water partition coefficient (Wildman–Crippen LogP) is 4.64. The molecule has 2 atom stereocenters. The summed E-state index contributed by atoms with van der Waals surface area (Å²) >= 11 is 1.41. The van der Waals surface area contributed by atoms with Crippen LogP contribution in [0.3, 0.4) is 0 Å². The van der Waals surface area contributed by atoms with Crippen LogP contribution in [0, 0.1) is 22.7 Å². The Kier molecular flexibility index (Phi) is 6.19. The number of hydrogen-bond acceptors (Lipinski definition) is 5. The van der Waals surface area contributed by atoms with E-state index in [1.807, 2.05) is 34.2 Å². The highest BCUT2D eigenvalue weighted by molar-refractivity contribution is 7.12. The van der Waals surface area contributed by atoms with E-state index in [0.29, 0.717) is 56.4 Å². The number of alkyl halides is 3. The van der Waals surface area contributed by atoms with Gasteiger partial charge in [-0.2, -0.15) is 18.4 Å². The number of anilines is 1. The molecule has 5 nitrogen and oxygen atoms in total. The Balaban J connectivity index is 1.58. The molecule has 1 aromatic carbocycles. The first-order valence-electron chi connectivity index (χ1n) is 10.5. The Labute approximate surface area is 189 Å². The summed E-state index contributed by atoms with van der Waals surface area (Å²) in [4.78, 5) is 17.5. The average Bonchev–Trinajstić information content (AvgIpc) is 3.44. The lowest BCUT2D eigenvalue weighted by atomic mass is 9.73. The molecular weight excluding hydrogens is 439 g/mol. The number of halogens is 3. The van der Waals surface area contributed by atoms with Crippen molar-refractivity contribution in [1.82, 2.24) is 4.90 Å². The number of fused-ring (bicyclic) bond motifs is 1. The Bertz CT molecular complexity index is 1020. The first-order chi connectivity index (χ1) is 15.3. The van der Waals surface area contributed by atoms with Crippen LogP contribution in [0.1, 0.15) is 34.1 Å². The summed E-state index contributed by atoms with van der Waals surface area (Å²) < 4.78 is 46.1. The number of likely N-dealkylation sites (tertiary alicyclic amines) is 1. The third-order valence-electron chi connectivity index (χ3n) is 6.54. The number of nitriles is 1. The lowest BCUT2D eigenvalue weighted by Gasteiger charge is -2.44. The van der Waals surface area contributed by atoms with Crippen molar-refractivity contribution in [2.75, 3.05) is 44.3 Å². The molecule has 170 valence electrons. The van der Waals surface area contributed by atoms with Gasteiger partial charge in [-0.15, -0.1) is 11.3 Å². The first-order valence-corrected chi connectivity index (χ1v) is 11.4. The number of nitrogens with zero attached hydrogens (tertiary/aromatic N) is 3. The van der Waals surface area contributed by atoms with Crippen molar-refractivity contribution >= 4 is 22.9 Å². The van der Waals surface area contributed by atoms with Crippen molar-refractivity contribution in [3.63, 3.8) is 0 Å². The van der Waals surface area contributed by atoms with E-state index in [2.05, 4.69) is 0 Å². The lowest BCUT2D eigenvalue weighted by Crippen LogP contribution is -2.49. The largest absolute Gasteiger partial charge is 0.417 e. The fraction of sp³-hybridized carbons (Fsp3) is 0.478. The summed E-state index contributed by atoms with van der Waals surface area (Å²) in [5.74, 6) is 0.0752. The molecule has 3 heterocycles. The average molecular weight is 464 g/mol. The molecule has 1 amide bonds. The Morgan fingerprint density at radius 2 is 2.16 bits per heavy atom. The van der Waals surface area contributed by atoms with Crippen molar-refractivity contribution in [3.8, 4) is 6.07 Å². The zero-order valence-electron chi connectivity index (χ0n) is 17.7. The van der Waals surface area contributed by atoms with Crippen molar-refractivity contribution in [2.45, 2.75) is 19.5 Å². The van der Waals surface area contributed by atoms with Crippen LogP contribution in [0.5, 0.6) is 0 Å². The molecule has 1 aromatic heterocycles. The van der Waals surface area contributed by atoms with Gasteiger partial charge in [0.25, 0.3) is 5.91 Å². The lowest BCUT2D eigenvalue weighted by molar-refractivity contribution is -0.137. The summed E-state index contributed by atoms with van der Waals surface area (Å²) in [6, 6.07) is 9.17. The highest BCUT2D eigenvalue weighted by Gasteiger charge is 2.51. The van der Waals surface area contributed by atoms with E-state index in [1.54, 1.807) is 12.1 Å². The molecule has 2 aromatic rings. The number of carbonyl (C=O) groups excluding carboxylic acids is 1. The van der Waals surface area contributed by atoms with Crippen LogP contribution in [-0.4, -0.2) is 50.2 Å². The Morgan fingerprint density at radius 3 is 2.81 bits per heavy atom. The van der Waals surface area contributed by atoms with Gasteiger partial charge in [0.1, 0.15) is 0 Å². The van der Waals surface area contributed by atoms with Gasteiger partial charge in [-0.25, -0.2) is 0 Å². The smallest absolute Gasteiger partial charge is 0.381 e. The third kappa shape index (κ3) is 4.21. The van der Waals surface area contributed by atoms with Gasteiger partial charge in [0, 0.05) is 49.8 Å². The number of thiophene rings is 1. The molecule has 2 saturated heterocycles. The maximum Gasteiger partial charge on any atom is 0.417 e. The van der Waals surface area contributed by atoms with Gasteiger partial charge in [-0.05, 0) is 43.0 Å². The molecule has 9 heteroatoms. The maximum atomic E-state index is 13.4. The summed E-state index contributed by atoms with van der Waals surface area (Å²) in [7, 11) is 0. The third-order valence-corrected chi connectivity index (χ3v) is 7.40. The zero-order valence-corrected chi connectivity index (χ0v) is 18.5. The number of amides is 1. The van der Waals surface area contributed by atoms with E-state index < -0.39 is 11.7 Å². The minimum atomic E-state index is -4.59. The number of piperidine rings is 1. The number of rotatable bonds is 5. The molecule has 2 aliphatic rings. The van der Waals surface area contributed by atoms with Gasteiger partial charge in [-0.1, -0.05) is 6.07 Å². The zero-order chi connectivity index (χ0) is 22.9. The fourth-order valence-corrected chi connectivity index (χ4v) is 5.52. The van der Waals surface area contributed by atoms with Crippen molar-refractivity contribution < 1.29 is 22.7 Å². The second-order valence-corrected chi connectivity index (χ2v) is 9.34. The number of ether oxygens (including phenoxy) is 1. The molecular formula is C23H24F3N3O2S. The van der Waals surface area contributed by atoms with E-state index in [1.165, 1.54) is 17.4 Å². The molecule has 2 unspecified atom stereocenters. The predicted molar refractivity (Wildman–Crippen MR) is 116 cm³/mol. The van der Waals surface area contributed by atoms with Gasteiger partial charge >= 0.3 is 6.18 Å². The van der Waals surface area contributed by atoms with E-state index >= 15 is 0 Å². The molecule has 0 bridgehead atoms. The maximum absolute atomic E-state index is 13.4. The minimum Gasteiger partial charge on any atom is -0.381 e. The fourth-order valence-electron chi connectivity index (χ4n) is 4.83. The normalized spacial score (nSPS) is 23.2. The highest BCUT2D eigenvalue weighted by atomic mass is 32.1. The number of benzene rings is 1. The molecule has 4 rings (SSSR count). The molecule has 2 aliphatic heterocycles. The van der Waals surface area contributed by atoms with Gasteiger partial charge in [-0.3, -0.25) is 4.79 Å². The van der Waals surface area contributed by atoms with Gasteiger partial charge in [0.2, 0.25) is 0 Å². The molecule has 0 saturated carbocycles. The molecule has 0 spiro atoms. The van der Waals surface area contributed by atoms with Gasteiger partial charge < -0.3 is 14.5 Å². The standard InChI is InChI=1S/C23H24F3N3O2S/c1-2-31-15-22-7-8-28(18-6-5-16(11-27)19(10-18)23(24,25)26)12-17(22)13-29(14-22)21(30)20-4-3-9-32-20/h3-6,9-10,17H,2,7-8,12-15H2,1H3. The van der Waals surface area contributed by atoms with E-state index in [0.717, 1.165) is 6.07 Å².